The maximum absolute atomic E-state index is 13.0. The second-order valence-electron chi connectivity index (χ2n) is 4.81. The van der Waals surface area contributed by atoms with Crippen LogP contribution >= 0.6 is 0 Å². The number of esters is 1. The van der Waals surface area contributed by atoms with Gasteiger partial charge in [0, 0.05) is 0 Å². The highest BCUT2D eigenvalue weighted by Crippen LogP contribution is 2.47. The van der Waals surface area contributed by atoms with E-state index in [1.165, 1.54) is 20.0 Å². The summed E-state index contributed by atoms with van der Waals surface area (Å²) in [7, 11) is -4.39. The molecule has 1 aromatic carbocycles. The van der Waals surface area contributed by atoms with E-state index in [9.17, 15) is 39.6 Å². The largest absolute Gasteiger partial charge is 0.438 e. The fraction of sp³-hybridized carbons (Fsp3) is 0.364. The molecule has 0 atom stereocenters. The Hall–Kier alpha value is -1.76. The summed E-state index contributed by atoms with van der Waals surface area (Å²) < 4.78 is 111. The minimum atomic E-state index is -6.35. The highest BCUT2D eigenvalue weighted by molar-refractivity contribution is 7.85. The highest BCUT2D eigenvalue weighted by Gasteiger charge is 2.76. The summed E-state index contributed by atoms with van der Waals surface area (Å²) in [5.41, 5.74) is -5.72. The van der Waals surface area contributed by atoms with Crippen molar-refractivity contribution in [3.8, 4) is 0 Å². The van der Waals surface area contributed by atoms with Crippen LogP contribution < -0.4 is 5.46 Å². The predicted octanol–water partition coefficient (Wildman–Crippen LogP) is 0.853. The zero-order valence-corrected chi connectivity index (χ0v) is 12.6. The number of rotatable bonds is 4. The number of hydrogen-bond acceptors (Lipinski definition) is 4. The third-order valence-electron chi connectivity index (χ3n) is 2.82. The van der Waals surface area contributed by atoms with E-state index in [1.807, 2.05) is 0 Å². The van der Waals surface area contributed by atoms with Crippen LogP contribution in [0.25, 0.3) is 0 Å². The van der Waals surface area contributed by atoms with Crippen LogP contribution in [0.1, 0.15) is 10.4 Å². The van der Waals surface area contributed by atoms with Crippen molar-refractivity contribution in [1.82, 2.24) is 0 Å². The van der Waals surface area contributed by atoms with E-state index in [4.69, 9.17) is 4.55 Å². The first-order chi connectivity index (χ1) is 10.6. The van der Waals surface area contributed by atoms with Crippen LogP contribution in [-0.2, 0) is 14.9 Å². The molecule has 0 aliphatic heterocycles. The van der Waals surface area contributed by atoms with Crippen LogP contribution in [-0.4, -0.2) is 50.5 Å². The lowest BCUT2D eigenvalue weighted by molar-refractivity contribution is -0.356. The second-order valence-corrected chi connectivity index (χ2v) is 6.26. The molecule has 5 nitrogen and oxygen atoms in total. The molecule has 134 valence electrons. The van der Waals surface area contributed by atoms with Gasteiger partial charge in [-0.25, -0.2) is 4.79 Å². The van der Waals surface area contributed by atoms with Crippen molar-refractivity contribution >= 4 is 29.4 Å². The molecule has 24 heavy (non-hydrogen) atoms. The van der Waals surface area contributed by atoms with Crippen molar-refractivity contribution in [2.75, 3.05) is 5.75 Å². The van der Waals surface area contributed by atoms with Crippen LogP contribution in [0, 0.1) is 0 Å². The minimum Gasteiger partial charge on any atom is -0.435 e. The van der Waals surface area contributed by atoms with E-state index in [0.717, 1.165) is 12.1 Å². The molecular formula is C11H9BF6O5S. The molecule has 0 heterocycles. The number of hydrogen-bond donors (Lipinski definition) is 1. The summed E-state index contributed by atoms with van der Waals surface area (Å²) in [6.07, 6.45) is -12.7. The Balaban J connectivity index is 3.45. The number of halogens is 6. The van der Waals surface area contributed by atoms with Gasteiger partial charge in [0.25, 0.3) is 10.1 Å². The Morgan fingerprint density at radius 3 is 2.00 bits per heavy atom. The van der Waals surface area contributed by atoms with Gasteiger partial charge in [0.1, 0.15) is 13.6 Å². The van der Waals surface area contributed by atoms with Gasteiger partial charge in [-0.2, -0.15) is 34.8 Å². The normalized spacial score (nSPS) is 13.6. The Kier molecular flexibility index (Phi) is 5.31. The second kappa shape index (κ2) is 6.28. The summed E-state index contributed by atoms with van der Waals surface area (Å²) in [5, 5.41) is 0. The van der Waals surface area contributed by atoms with Crippen molar-refractivity contribution in [3.63, 3.8) is 0 Å². The van der Waals surface area contributed by atoms with Crippen LogP contribution in [0.2, 0.25) is 0 Å². The predicted molar refractivity (Wildman–Crippen MR) is 71.3 cm³/mol. The van der Waals surface area contributed by atoms with Crippen molar-refractivity contribution in [3.05, 3.63) is 29.8 Å². The van der Waals surface area contributed by atoms with E-state index in [0.29, 0.717) is 5.46 Å². The quantitative estimate of drug-likeness (QED) is 0.364. The lowest BCUT2D eigenvalue weighted by Crippen LogP contribution is -2.63. The highest BCUT2D eigenvalue weighted by atomic mass is 32.2. The van der Waals surface area contributed by atoms with Gasteiger partial charge in [0.2, 0.25) is 0 Å². The summed E-state index contributed by atoms with van der Waals surface area (Å²) in [6, 6.07) is 4.43. The fourth-order valence-corrected chi connectivity index (χ4v) is 2.62. The van der Waals surface area contributed by atoms with Crippen molar-refractivity contribution in [2.24, 2.45) is 0 Å². The van der Waals surface area contributed by atoms with Crippen LogP contribution in [0.5, 0.6) is 0 Å². The monoisotopic (exact) mass is 378 g/mol. The number of benzene rings is 1. The standard InChI is InChI=1S/C11H9BF6O5S/c12-7-3-1-2-6(4-7)8(19)23-9(10(13,14)15,11(16,17)18)5-24(20,21)22/h1-4H,5,12H2,(H,20,21,22). The smallest absolute Gasteiger partial charge is 0.435 e. The maximum atomic E-state index is 13.0. The Labute approximate surface area is 132 Å². The molecule has 1 N–H and O–H groups in total. The van der Waals surface area contributed by atoms with Gasteiger partial charge in [0.05, 0.1) is 5.56 Å². The summed E-state index contributed by atoms with van der Waals surface area (Å²) in [4.78, 5) is 11.7. The molecule has 0 amide bonds. The van der Waals surface area contributed by atoms with Gasteiger partial charge < -0.3 is 4.74 Å². The molecule has 13 heteroatoms. The average Bonchev–Trinajstić information content (AvgIpc) is 2.33. The zero-order chi connectivity index (χ0) is 19.0. The van der Waals surface area contributed by atoms with Gasteiger partial charge in [-0.15, -0.1) is 0 Å². The SMILES string of the molecule is Bc1cccc(C(=O)OC(CS(=O)(=O)O)(C(F)(F)F)C(F)(F)F)c1. The van der Waals surface area contributed by atoms with Gasteiger partial charge in [-0.3, -0.25) is 4.55 Å². The van der Waals surface area contributed by atoms with Crippen molar-refractivity contribution in [2.45, 2.75) is 18.0 Å². The van der Waals surface area contributed by atoms with Gasteiger partial charge in [0.15, 0.2) is 0 Å². The Morgan fingerprint density at radius 1 is 1.12 bits per heavy atom. The fourth-order valence-electron chi connectivity index (χ4n) is 1.72. The molecule has 0 fully saturated rings. The van der Waals surface area contributed by atoms with E-state index in [-0.39, 0.29) is 0 Å². The molecule has 0 saturated heterocycles. The van der Waals surface area contributed by atoms with Crippen LogP contribution in [0.15, 0.2) is 24.3 Å². The number of alkyl halides is 6. The topological polar surface area (TPSA) is 80.7 Å². The third-order valence-corrected chi connectivity index (χ3v) is 3.59. The molecule has 0 saturated carbocycles. The lowest BCUT2D eigenvalue weighted by atomic mass is 9.94. The molecule has 0 radical (unpaired) electrons. The molecule has 1 aromatic rings. The number of ether oxygens (including phenoxy) is 1. The molecular weight excluding hydrogens is 369 g/mol. The molecule has 0 aliphatic carbocycles. The first-order valence-electron chi connectivity index (χ1n) is 5.98. The Bertz CT molecular complexity index is 713. The van der Waals surface area contributed by atoms with Crippen LogP contribution in [0.4, 0.5) is 26.3 Å². The van der Waals surface area contributed by atoms with E-state index >= 15 is 0 Å². The van der Waals surface area contributed by atoms with Gasteiger partial charge >= 0.3 is 23.9 Å². The van der Waals surface area contributed by atoms with Crippen molar-refractivity contribution < 1.29 is 48.8 Å². The first-order valence-corrected chi connectivity index (χ1v) is 7.58. The summed E-state index contributed by atoms with van der Waals surface area (Å²) >= 11 is 0. The third kappa shape index (κ3) is 4.41. The van der Waals surface area contributed by atoms with Crippen molar-refractivity contribution in [1.29, 1.82) is 0 Å². The molecule has 0 bridgehead atoms. The lowest BCUT2D eigenvalue weighted by Gasteiger charge is -2.35. The molecule has 1 rings (SSSR count). The van der Waals surface area contributed by atoms with Gasteiger partial charge in [-0.05, 0) is 6.07 Å². The number of carbonyl (C=O) groups excluding carboxylic acids is 1. The van der Waals surface area contributed by atoms with E-state index in [1.54, 1.807) is 0 Å². The zero-order valence-electron chi connectivity index (χ0n) is 11.8. The average molecular weight is 378 g/mol. The summed E-state index contributed by atoms with van der Waals surface area (Å²) in [5.74, 6) is -4.96. The summed E-state index contributed by atoms with van der Waals surface area (Å²) in [6.45, 7) is 0. The van der Waals surface area contributed by atoms with E-state index < -0.39 is 45.4 Å². The maximum Gasteiger partial charge on any atom is 0.438 e. The van der Waals surface area contributed by atoms with E-state index in [2.05, 4.69) is 4.74 Å². The molecule has 0 unspecified atom stereocenters. The number of carbonyl (C=O) groups is 1. The Morgan fingerprint density at radius 2 is 1.62 bits per heavy atom. The minimum absolute atomic E-state index is 0.337. The van der Waals surface area contributed by atoms with Crippen LogP contribution in [0.3, 0.4) is 0 Å². The van der Waals surface area contributed by atoms with Gasteiger partial charge in [-0.1, -0.05) is 23.7 Å². The molecule has 0 aromatic heterocycles. The molecule has 0 spiro atoms. The molecule has 0 aliphatic rings. The first kappa shape index (κ1) is 20.3.